The molecule has 0 radical (unpaired) electrons. The third-order valence-corrected chi connectivity index (χ3v) is 5.52. The summed E-state index contributed by atoms with van der Waals surface area (Å²) in [6.07, 6.45) is 0.103. The highest BCUT2D eigenvalue weighted by Crippen LogP contribution is 2.26. The zero-order valence-electron chi connectivity index (χ0n) is 13.7. The molecule has 1 aromatic carbocycles. The van der Waals surface area contributed by atoms with Gasteiger partial charge in [-0.15, -0.1) is 11.3 Å². The first-order valence-electron chi connectivity index (χ1n) is 8.27. The monoisotopic (exact) mass is 343 g/mol. The Balaban J connectivity index is 1.46. The number of aromatic nitrogens is 1. The van der Waals surface area contributed by atoms with Gasteiger partial charge in [0.15, 0.2) is 0 Å². The van der Waals surface area contributed by atoms with Crippen LogP contribution in [0.15, 0.2) is 35.7 Å². The normalized spacial score (nSPS) is 24.4. The van der Waals surface area contributed by atoms with Crippen LogP contribution in [0.4, 0.5) is 0 Å². The summed E-state index contributed by atoms with van der Waals surface area (Å²) in [5.74, 6) is 0.0893. The quantitative estimate of drug-likeness (QED) is 0.852. The first-order chi connectivity index (χ1) is 11.7. The summed E-state index contributed by atoms with van der Waals surface area (Å²) < 4.78 is 5.80. The van der Waals surface area contributed by atoms with Gasteiger partial charge in [-0.3, -0.25) is 9.69 Å². The Morgan fingerprint density at radius 1 is 1.25 bits per heavy atom. The van der Waals surface area contributed by atoms with Crippen LogP contribution >= 0.6 is 11.3 Å². The van der Waals surface area contributed by atoms with Crippen molar-refractivity contribution in [3.8, 4) is 0 Å². The highest BCUT2D eigenvalue weighted by Gasteiger charge is 2.43. The molecule has 0 unspecified atom stereocenters. The lowest BCUT2D eigenvalue weighted by molar-refractivity contribution is -0.153. The van der Waals surface area contributed by atoms with E-state index >= 15 is 0 Å². The fraction of sp³-hybridized carbons (Fsp3) is 0.444. The summed E-state index contributed by atoms with van der Waals surface area (Å²) in [7, 11) is 0. The van der Waals surface area contributed by atoms with Crippen molar-refractivity contribution in [2.75, 3.05) is 19.7 Å². The smallest absolute Gasteiger partial charge is 0.249 e. The van der Waals surface area contributed by atoms with Crippen LogP contribution in [0.3, 0.4) is 0 Å². The standard InChI is InChI=1S/C18H21N3O2S/c1-13-19-15(12-24-13)8-20-9-16-17(10-20)23-11-18(22)21(16)7-14-5-3-2-4-6-14/h2-6,12,16-17H,7-11H2,1H3/t16-,17-/m1/s1. The lowest BCUT2D eigenvalue weighted by atomic mass is 10.1. The first kappa shape index (κ1) is 15.7. The van der Waals surface area contributed by atoms with Crippen molar-refractivity contribution < 1.29 is 9.53 Å². The van der Waals surface area contributed by atoms with Crippen LogP contribution < -0.4 is 0 Å². The van der Waals surface area contributed by atoms with Crippen LogP contribution in [0.2, 0.25) is 0 Å². The highest BCUT2D eigenvalue weighted by molar-refractivity contribution is 7.09. The van der Waals surface area contributed by atoms with E-state index in [1.54, 1.807) is 11.3 Å². The van der Waals surface area contributed by atoms with Gasteiger partial charge in [0.1, 0.15) is 6.61 Å². The van der Waals surface area contributed by atoms with Crippen molar-refractivity contribution in [3.05, 3.63) is 52.0 Å². The van der Waals surface area contributed by atoms with Gasteiger partial charge in [0.05, 0.1) is 22.8 Å². The number of morpholine rings is 1. The number of benzene rings is 1. The lowest BCUT2D eigenvalue weighted by Gasteiger charge is -2.36. The second-order valence-electron chi connectivity index (χ2n) is 6.48. The van der Waals surface area contributed by atoms with Gasteiger partial charge in [-0.1, -0.05) is 30.3 Å². The third-order valence-electron chi connectivity index (χ3n) is 4.70. The van der Waals surface area contributed by atoms with Crippen LogP contribution in [0.5, 0.6) is 0 Å². The number of carbonyl (C=O) groups is 1. The molecule has 3 heterocycles. The van der Waals surface area contributed by atoms with Crippen LogP contribution in [0.1, 0.15) is 16.3 Å². The van der Waals surface area contributed by atoms with Gasteiger partial charge < -0.3 is 9.64 Å². The van der Waals surface area contributed by atoms with Crippen molar-refractivity contribution >= 4 is 17.2 Å². The van der Waals surface area contributed by atoms with Gasteiger partial charge >= 0.3 is 0 Å². The molecule has 0 N–H and O–H groups in total. The molecular weight excluding hydrogens is 322 g/mol. The van der Waals surface area contributed by atoms with Gasteiger partial charge in [0.2, 0.25) is 5.91 Å². The van der Waals surface area contributed by atoms with E-state index in [9.17, 15) is 4.79 Å². The molecule has 2 aliphatic heterocycles. The molecule has 0 spiro atoms. The van der Waals surface area contributed by atoms with Gasteiger partial charge in [-0.25, -0.2) is 4.98 Å². The summed E-state index contributed by atoms with van der Waals surface area (Å²) in [6, 6.07) is 10.3. The Kier molecular flexibility index (Phi) is 4.35. The number of thiazole rings is 1. The van der Waals surface area contributed by atoms with Crippen molar-refractivity contribution in [1.82, 2.24) is 14.8 Å². The lowest BCUT2D eigenvalue weighted by Crippen LogP contribution is -2.53. The number of hydrogen-bond acceptors (Lipinski definition) is 5. The maximum Gasteiger partial charge on any atom is 0.249 e. The fourth-order valence-electron chi connectivity index (χ4n) is 3.57. The zero-order valence-corrected chi connectivity index (χ0v) is 14.5. The number of nitrogens with zero attached hydrogens (tertiary/aromatic N) is 3. The minimum absolute atomic E-state index is 0.0893. The Morgan fingerprint density at radius 3 is 2.83 bits per heavy atom. The molecule has 2 aromatic rings. The molecule has 2 saturated heterocycles. The molecule has 1 aromatic heterocycles. The van der Waals surface area contributed by atoms with E-state index in [0.29, 0.717) is 6.54 Å². The number of ether oxygens (including phenoxy) is 1. The average molecular weight is 343 g/mol. The predicted molar refractivity (Wildman–Crippen MR) is 92.6 cm³/mol. The zero-order chi connectivity index (χ0) is 16.5. The molecule has 0 bridgehead atoms. The predicted octanol–water partition coefficient (Wildman–Crippen LogP) is 2.06. The topological polar surface area (TPSA) is 45.7 Å². The van der Waals surface area contributed by atoms with Crippen LogP contribution in [0.25, 0.3) is 0 Å². The van der Waals surface area contributed by atoms with E-state index in [4.69, 9.17) is 4.74 Å². The molecule has 126 valence electrons. The molecule has 2 aliphatic rings. The van der Waals surface area contributed by atoms with E-state index in [0.717, 1.165) is 30.3 Å². The molecule has 2 atom stereocenters. The van der Waals surface area contributed by atoms with E-state index in [-0.39, 0.29) is 24.7 Å². The number of aryl methyl sites for hydroxylation is 1. The van der Waals surface area contributed by atoms with Crippen LogP contribution in [-0.2, 0) is 22.6 Å². The number of likely N-dealkylation sites (tertiary alicyclic amines) is 1. The van der Waals surface area contributed by atoms with Crippen molar-refractivity contribution in [1.29, 1.82) is 0 Å². The van der Waals surface area contributed by atoms with Gasteiger partial charge in [0.25, 0.3) is 0 Å². The molecule has 2 fully saturated rings. The Labute approximate surface area is 145 Å². The maximum atomic E-state index is 12.4. The van der Waals surface area contributed by atoms with Gasteiger partial charge in [-0.05, 0) is 12.5 Å². The summed E-state index contributed by atoms with van der Waals surface area (Å²) in [6.45, 7) is 5.42. The molecule has 5 nitrogen and oxygen atoms in total. The fourth-order valence-corrected chi connectivity index (χ4v) is 4.17. The summed E-state index contributed by atoms with van der Waals surface area (Å²) in [5, 5.41) is 3.21. The number of carbonyl (C=O) groups excluding carboxylic acids is 1. The van der Waals surface area contributed by atoms with E-state index in [1.165, 1.54) is 5.56 Å². The number of amides is 1. The second-order valence-corrected chi connectivity index (χ2v) is 7.54. The molecule has 4 rings (SSSR count). The summed E-state index contributed by atoms with van der Waals surface area (Å²) >= 11 is 1.68. The number of rotatable bonds is 4. The maximum absolute atomic E-state index is 12.4. The van der Waals surface area contributed by atoms with Crippen molar-refractivity contribution in [2.24, 2.45) is 0 Å². The first-order valence-corrected chi connectivity index (χ1v) is 9.15. The average Bonchev–Trinajstić information content (AvgIpc) is 3.17. The minimum atomic E-state index is 0.0893. The van der Waals surface area contributed by atoms with Crippen LogP contribution in [-0.4, -0.2) is 52.5 Å². The Bertz CT molecular complexity index is 718. The second kappa shape index (κ2) is 6.63. The molecule has 24 heavy (non-hydrogen) atoms. The Morgan fingerprint density at radius 2 is 2.08 bits per heavy atom. The molecule has 1 amide bonds. The summed E-state index contributed by atoms with van der Waals surface area (Å²) in [4.78, 5) is 21.3. The SMILES string of the molecule is Cc1nc(CN2C[C@@H]3[C@@H](C2)OCC(=O)N3Cc2ccccc2)cs1. The van der Waals surface area contributed by atoms with E-state index < -0.39 is 0 Å². The van der Waals surface area contributed by atoms with Gasteiger partial charge in [-0.2, -0.15) is 0 Å². The number of fused-ring (bicyclic) bond motifs is 1. The van der Waals surface area contributed by atoms with Crippen molar-refractivity contribution in [2.45, 2.75) is 32.2 Å². The van der Waals surface area contributed by atoms with E-state index in [2.05, 4.69) is 27.4 Å². The van der Waals surface area contributed by atoms with Gasteiger partial charge in [0, 0.05) is 31.6 Å². The molecule has 6 heteroatoms. The largest absolute Gasteiger partial charge is 0.365 e. The van der Waals surface area contributed by atoms with E-state index in [1.807, 2.05) is 30.0 Å². The Hall–Kier alpha value is -1.76. The molecule has 0 saturated carbocycles. The molecular formula is C18H21N3O2S. The number of hydrogen-bond donors (Lipinski definition) is 0. The minimum Gasteiger partial charge on any atom is -0.365 e. The van der Waals surface area contributed by atoms with Crippen LogP contribution in [0, 0.1) is 6.92 Å². The highest BCUT2D eigenvalue weighted by atomic mass is 32.1. The third kappa shape index (κ3) is 3.22. The molecule has 0 aliphatic carbocycles. The summed E-state index contributed by atoms with van der Waals surface area (Å²) in [5.41, 5.74) is 2.28. The van der Waals surface area contributed by atoms with Crippen molar-refractivity contribution in [3.63, 3.8) is 0 Å².